The van der Waals surface area contributed by atoms with Crippen molar-refractivity contribution in [3.8, 4) is 0 Å². The molecular weight excluding hydrogens is 176 g/mol. The second-order valence-electron chi connectivity index (χ2n) is 4.29. The molecule has 2 unspecified atom stereocenters. The molecule has 0 saturated heterocycles. The molecule has 0 fully saturated rings. The predicted octanol–water partition coefficient (Wildman–Crippen LogP) is 2.91. The Labute approximate surface area is 85.6 Å². The molecule has 0 spiro atoms. The number of rotatable bonds is 3. The van der Waals surface area contributed by atoms with Crippen LogP contribution in [0.25, 0.3) is 0 Å². The lowest BCUT2D eigenvalue weighted by Gasteiger charge is -2.26. The number of carbonyl (C=O) groups is 1. The SMILES string of the molecule is C=CC1=CC(C)C(CC(C)C)C(=O)O1. The van der Waals surface area contributed by atoms with Gasteiger partial charge in [-0.25, -0.2) is 0 Å². The maximum atomic E-state index is 11.6. The summed E-state index contributed by atoms with van der Waals surface area (Å²) in [7, 11) is 0. The highest BCUT2D eigenvalue weighted by Gasteiger charge is 2.30. The normalized spacial score (nSPS) is 27.1. The van der Waals surface area contributed by atoms with Gasteiger partial charge in [-0.15, -0.1) is 0 Å². The number of hydrogen-bond donors (Lipinski definition) is 0. The molecule has 0 aromatic heterocycles. The van der Waals surface area contributed by atoms with Crippen molar-refractivity contribution in [2.75, 3.05) is 0 Å². The fourth-order valence-corrected chi connectivity index (χ4v) is 1.74. The van der Waals surface area contributed by atoms with Crippen molar-refractivity contribution >= 4 is 5.97 Å². The van der Waals surface area contributed by atoms with Gasteiger partial charge in [-0.1, -0.05) is 27.4 Å². The third kappa shape index (κ3) is 2.47. The molecule has 14 heavy (non-hydrogen) atoms. The van der Waals surface area contributed by atoms with E-state index in [1.165, 1.54) is 0 Å². The van der Waals surface area contributed by atoms with Crippen LogP contribution in [0.1, 0.15) is 27.2 Å². The largest absolute Gasteiger partial charge is 0.427 e. The maximum absolute atomic E-state index is 11.6. The first kappa shape index (κ1) is 11.0. The molecule has 0 N–H and O–H groups in total. The lowest BCUT2D eigenvalue weighted by atomic mass is 9.85. The Bertz CT molecular complexity index is 263. The van der Waals surface area contributed by atoms with Crippen LogP contribution in [0.2, 0.25) is 0 Å². The van der Waals surface area contributed by atoms with E-state index in [1.54, 1.807) is 6.08 Å². The fourth-order valence-electron chi connectivity index (χ4n) is 1.74. The van der Waals surface area contributed by atoms with Crippen molar-refractivity contribution in [2.45, 2.75) is 27.2 Å². The van der Waals surface area contributed by atoms with Gasteiger partial charge in [-0.3, -0.25) is 4.79 Å². The van der Waals surface area contributed by atoms with Gasteiger partial charge in [0.2, 0.25) is 0 Å². The molecular formula is C12H18O2. The molecule has 0 aliphatic carbocycles. The average Bonchev–Trinajstić information content (AvgIpc) is 2.10. The first-order valence-corrected chi connectivity index (χ1v) is 5.10. The highest BCUT2D eigenvalue weighted by atomic mass is 16.5. The van der Waals surface area contributed by atoms with Crippen LogP contribution in [0.5, 0.6) is 0 Å². The number of ether oxygens (including phenoxy) is 1. The molecule has 1 aliphatic rings. The third-order valence-electron chi connectivity index (χ3n) is 2.51. The van der Waals surface area contributed by atoms with Crippen molar-refractivity contribution in [1.82, 2.24) is 0 Å². The topological polar surface area (TPSA) is 26.3 Å². The summed E-state index contributed by atoms with van der Waals surface area (Å²) < 4.78 is 5.12. The van der Waals surface area contributed by atoms with E-state index in [2.05, 4.69) is 27.4 Å². The van der Waals surface area contributed by atoms with Crippen LogP contribution >= 0.6 is 0 Å². The molecule has 0 saturated carbocycles. The van der Waals surface area contributed by atoms with Crippen molar-refractivity contribution in [3.05, 3.63) is 24.5 Å². The summed E-state index contributed by atoms with van der Waals surface area (Å²) in [5.41, 5.74) is 0. The zero-order chi connectivity index (χ0) is 10.7. The van der Waals surface area contributed by atoms with Crippen LogP contribution in [0, 0.1) is 17.8 Å². The Morgan fingerprint density at radius 3 is 2.71 bits per heavy atom. The number of allylic oxidation sites excluding steroid dienone is 2. The monoisotopic (exact) mass is 194 g/mol. The molecule has 2 nitrogen and oxygen atoms in total. The Hall–Kier alpha value is -1.05. The van der Waals surface area contributed by atoms with Crippen molar-refractivity contribution in [1.29, 1.82) is 0 Å². The number of esters is 1. The average molecular weight is 194 g/mol. The van der Waals surface area contributed by atoms with Gasteiger partial charge in [-0.05, 0) is 30.4 Å². The second kappa shape index (κ2) is 4.45. The van der Waals surface area contributed by atoms with E-state index < -0.39 is 0 Å². The quantitative estimate of drug-likeness (QED) is 0.646. The molecule has 0 amide bonds. The minimum atomic E-state index is -0.108. The molecule has 2 atom stereocenters. The molecule has 0 radical (unpaired) electrons. The molecule has 1 rings (SSSR count). The summed E-state index contributed by atoms with van der Waals surface area (Å²) in [6.45, 7) is 9.88. The zero-order valence-electron chi connectivity index (χ0n) is 9.12. The Balaban J connectivity index is 2.75. The fraction of sp³-hybridized carbons (Fsp3) is 0.583. The van der Waals surface area contributed by atoms with E-state index in [1.807, 2.05) is 6.08 Å². The van der Waals surface area contributed by atoms with Gasteiger partial charge in [0.15, 0.2) is 0 Å². The van der Waals surface area contributed by atoms with Crippen LogP contribution in [0.15, 0.2) is 24.5 Å². The van der Waals surface area contributed by atoms with E-state index in [4.69, 9.17) is 4.74 Å². The first-order chi connectivity index (χ1) is 6.54. The number of cyclic esters (lactones) is 1. The second-order valence-corrected chi connectivity index (χ2v) is 4.29. The lowest BCUT2D eigenvalue weighted by Crippen LogP contribution is -2.28. The van der Waals surface area contributed by atoms with Crippen LogP contribution in [0.3, 0.4) is 0 Å². The van der Waals surface area contributed by atoms with Crippen molar-refractivity contribution in [2.24, 2.45) is 17.8 Å². The molecule has 0 bridgehead atoms. The molecule has 1 heterocycles. The maximum Gasteiger partial charge on any atom is 0.314 e. The smallest absolute Gasteiger partial charge is 0.314 e. The molecule has 1 aliphatic heterocycles. The van der Waals surface area contributed by atoms with Crippen LogP contribution in [-0.2, 0) is 9.53 Å². The summed E-state index contributed by atoms with van der Waals surface area (Å²) in [6.07, 6.45) is 4.45. The van der Waals surface area contributed by atoms with Gasteiger partial charge < -0.3 is 4.74 Å². The van der Waals surface area contributed by atoms with Crippen molar-refractivity contribution < 1.29 is 9.53 Å². The summed E-state index contributed by atoms with van der Waals surface area (Å²) in [5.74, 6) is 1.28. The van der Waals surface area contributed by atoms with Crippen LogP contribution < -0.4 is 0 Å². The van der Waals surface area contributed by atoms with E-state index in [9.17, 15) is 4.79 Å². The summed E-state index contributed by atoms with van der Waals surface area (Å²) in [4.78, 5) is 11.6. The predicted molar refractivity (Wildman–Crippen MR) is 56.5 cm³/mol. The van der Waals surface area contributed by atoms with Gasteiger partial charge in [-0.2, -0.15) is 0 Å². The number of carbonyl (C=O) groups excluding carboxylic acids is 1. The van der Waals surface area contributed by atoms with Gasteiger partial charge in [0.05, 0.1) is 5.92 Å². The van der Waals surface area contributed by atoms with Gasteiger partial charge in [0.1, 0.15) is 5.76 Å². The summed E-state index contributed by atoms with van der Waals surface area (Å²) >= 11 is 0. The minimum Gasteiger partial charge on any atom is -0.427 e. The Morgan fingerprint density at radius 1 is 1.64 bits per heavy atom. The number of hydrogen-bond acceptors (Lipinski definition) is 2. The van der Waals surface area contributed by atoms with Gasteiger partial charge in [0, 0.05) is 0 Å². The zero-order valence-corrected chi connectivity index (χ0v) is 9.12. The third-order valence-corrected chi connectivity index (χ3v) is 2.51. The highest BCUT2D eigenvalue weighted by Crippen LogP contribution is 2.29. The Kier molecular flexibility index (Phi) is 3.50. The molecule has 0 aromatic carbocycles. The summed E-state index contributed by atoms with van der Waals surface area (Å²) in [5, 5.41) is 0. The Morgan fingerprint density at radius 2 is 2.29 bits per heavy atom. The molecule has 2 heteroatoms. The standard InChI is InChI=1S/C12H18O2/c1-5-10-7-9(4)11(6-8(2)3)12(13)14-10/h5,7-9,11H,1,6H2,2-4H3. The molecule has 78 valence electrons. The van der Waals surface area contributed by atoms with Crippen LogP contribution in [0.4, 0.5) is 0 Å². The van der Waals surface area contributed by atoms with E-state index >= 15 is 0 Å². The van der Waals surface area contributed by atoms with E-state index in [0.717, 1.165) is 6.42 Å². The van der Waals surface area contributed by atoms with Crippen LogP contribution in [-0.4, -0.2) is 5.97 Å². The molecule has 0 aromatic rings. The van der Waals surface area contributed by atoms with Crippen molar-refractivity contribution in [3.63, 3.8) is 0 Å². The minimum absolute atomic E-state index is 0.0127. The first-order valence-electron chi connectivity index (χ1n) is 5.10. The van der Waals surface area contributed by atoms with E-state index in [-0.39, 0.29) is 17.8 Å². The van der Waals surface area contributed by atoms with Gasteiger partial charge in [0.25, 0.3) is 0 Å². The lowest BCUT2D eigenvalue weighted by molar-refractivity contribution is -0.147. The van der Waals surface area contributed by atoms with E-state index in [0.29, 0.717) is 11.7 Å². The van der Waals surface area contributed by atoms with Gasteiger partial charge >= 0.3 is 5.97 Å². The summed E-state index contributed by atoms with van der Waals surface area (Å²) in [6, 6.07) is 0. The highest BCUT2D eigenvalue weighted by molar-refractivity contribution is 5.75.